The molecule has 1 rings (SSSR count). The van der Waals surface area contributed by atoms with Crippen LogP contribution in [0, 0.1) is 6.92 Å². The maximum Gasteiger partial charge on any atom is 0.103 e. The first-order chi connectivity index (χ1) is 5.27. The van der Waals surface area contributed by atoms with Crippen LogP contribution in [0.2, 0.25) is 0 Å². The van der Waals surface area contributed by atoms with Crippen molar-refractivity contribution in [2.75, 3.05) is 6.54 Å². The summed E-state index contributed by atoms with van der Waals surface area (Å²) in [5.74, 6) is 0.991. The summed E-state index contributed by atoms with van der Waals surface area (Å²) in [6.07, 6.45) is 1.89. The fraction of sp³-hybridized carbons (Fsp3) is 0.625. The van der Waals surface area contributed by atoms with Crippen LogP contribution < -0.4 is 5.73 Å². The van der Waals surface area contributed by atoms with E-state index < -0.39 is 0 Å². The summed E-state index contributed by atoms with van der Waals surface area (Å²) >= 11 is 0. The Hall–Kier alpha value is -0.830. The van der Waals surface area contributed by atoms with Gasteiger partial charge in [0, 0.05) is 12.1 Å². The van der Waals surface area contributed by atoms with E-state index in [1.54, 1.807) is 0 Å². The average molecular weight is 153 g/mol. The van der Waals surface area contributed by atoms with Gasteiger partial charge in [0.2, 0.25) is 0 Å². The lowest BCUT2D eigenvalue weighted by atomic mass is 10.2. The number of hydrogen-bond acceptors (Lipinski definition) is 2. The van der Waals surface area contributed by atoms with Crippen molar-refractivity contribution in [2.24, 2.45) is 5.73 Å². The molecule has 0 atom stereocenters. The van der Waals surface area contributed by atoms with Crippen molar-refractivity contribution in [1.82, 2.24) is 9.97 Å². The van der Waals surface area contributed by atoms with Crippen LogP contribution in [0.25, 0.3) is 0 Å². The molecule has 0 saturated carbocycles. The van der Waals surface area contributed by atoms with Gasteiger partial charge < -0.3 is 10.7 Å². The number of nitrogens with two attached hydrogens (primary N) is 1. The second kappa shape index (κ2) is 3.53. The Morgan fingerprint density at radius 1 is 1.55 bits per heavy atom. The zero-order valence-corrected chi connectivity index (χ0v) is 7.15. The maximum atomic E-state index is 5.45. The first-order valence-electron chi connectivity index (χ1n) is 4.02. The van der Waals surface area contributed by atoms with E-state index in [0.29, 0.717) is 6.54 Å². The standard InChI is InChI=1S/C8H15N3/c1-3-7-8(4-5-9)11-6(2)10-7/h3-5,9H2,1-2H3,(H,10,11). The lowest BCUT2D eigenvalue weighted by Crippen LogP contribution is -2.04. The number of nitrogens with zero attached hydrogens (tertiary/aromatic N) is 1. The number of H-pyrrole nitrogens is 1. The van der Waals surface area contributed by atoms with E-state index in [4.69, 9.17) is 5.73 Å². The van der Waals surface area contributed by atoms with Crippen molar-refractivity contribution in [3.05, 3.63) is 17.2 Å². The van der Waals surface area contributed by atoms with Gasteiger partial charge in [-0.25, -0.2) is 4.98 Å². The molecule has 0 radical (unpaired) electrons. The molecule has 3 heteroatoms. The van der Waals surface area contributed by atoms with Crippen LogP contribution in [0.4, 0.5) is 0 Å². The van der Waals surface area contributed by atoms with Crippen LogP contribution >= 0.6 is 0 Å². The zero-order chi connectivity index (χ0) is 8.27. The molecule has 62 valence electrons. The van der Waals surface area contributed by atoms with Crippen molar-refractivity contribution in [3.8, 4) is 0 Å². The minimum Gasteiger partial charge on any atom is -0.346 e. The van der Waals surface area contributed by atoms with E-state index >= 15 is 0 Å². The summed E-state index contributed by atoms with van der Waals surface area (Å²) in [6, 6.07) is 0. The molecule has 0 spiro atoms. The molecular weight excluding hydrogens is 138 g/mol. The summed E-state index contributed by atoms with van der Waals surface area (Å²) < 4.78 is 0. The summed E-state index contributed by atoms with van der Waals surface area (Å²) in [6.45, 7) is 4.77. The predicted octanol–water partition coefficient (Wildman–Crippen LogP) is 0.782. The summed E-state index contributed by atoms with van der Waals surface area (Å²) in [4.78, 5) is 7.54. The highest BCUT2D eigenvalue weighted by molar-refractivity contribution is 5.14. The molecule has 0 fully saturated rings. The third-order valence-corrected chi connectivity index (χ3v) is 1.71. The number of imidazole rings is 1. The average Bonchev–Trinajstić information content (AvgIpc) is 2.32. The minimum atomic E-state index is 0.689. The summed E-state index contributed by atoms with van der Waals surface area (Å²) in [5.41, 5.74) is 7.81. The lowest BCUT2D eigenvalue weighted by Gasteiger charge is -1.95. The van der Waals surface area contributed by atoms with E-state index in [0.717, 1.165) is 24.4 Å². The van der Waals surface area contributed by atoms with Gasteiger partial charge in [0.1, 0.15) is 5.82 Å². The van der Waals surface area contributed by atoms with Crippen molar-refractivity contribution < 1.29 is 0 Å². The van der Waals surface area contributed by atoms with Gasteiger partial charge in [-0.2, -0.15) is 0 Å². The molecule has 3 N–H and O–H groups in total. The summed E-state index contributed by atoms with van der Waals surface area (Å²) in [7, 11) is 0. The van der Waals surface area contributed by atoms with Crippen LogP contribution in [0.5, 0.6) is 0 Å². The number of aromatic amines is 1. The number of rotatable bonds is 3. The fourth-order valence-electron chi connectivity index (χ4n) is 1.23. The Morgan fingerprint density at radius 3 is 2.82 bits per heavy atom. The Kier molecular flexibility index (Phi) is 2.65. The van der Waals surface area contributed by atoms with Gasteiger partial charge in [0.05, 0.1) is 5.69 Å². The predicted molar refractivity (Wildman–Crippen MR) is 45.5 cm³/mol. The Morgan fingerprint density at radius 2 is 2.27 bits per heavy atom. The molecule has 11 heavy (non-hydrogen) atoms. The molecule has 0 aliphatic rings. The second-order valence-electron chi connectivity index (χ2n) is 2.64. The largest absolute Gasteiger partial charge is 0.346 e. The number of aromatic nitrogens is 2. The van der Waals surface area contributed by atoms with Crippen LogP contribution in [0.15, 0.2) is 0 Å². The van der Waals surface area contributed by atoms with Crippen LogP contribution in [-0.2, 0) is 12.8 Å². The topological polar surface area (TPSA) is 54.7 Å². The molecule has 1 aromatic heterocycles. The monoisotopic (exact) mass is 153 g/mol. The minimum absolute atomic E-state index is 0.689. The molecule has 1 aromatic rings. The lowest BCUT2D eigenvalue weighted by molar-refractivity contribution is 0.902. The van der Waals surface area contributed by atoms with Crippen LogP contribution in [0.3, 0.4) is 0 Å². The number of nitrogens with one attached hydrogen (secondary N) is 1. The molecule has 0 aliphatic heterocycles. The third kappa shape index (κ3) is 1.80. The second-order valence-corrected chi connectivity index (χ2v) is 2.64. The van der Waals surface area contributed by atoms with Crippen molar-refractivity contribution in [3.63, 3.8) is 0 Å². The normalized spacial score (nSPS) is 10.5. The van der Waals surface area contributed by atoms with Crippen LogP contribution in [0.1, 0.15) is 24.1 Å². The first kappa shape index (κ1) is 8.27. The molecule has 0 amide bonds. The van der Waals surface area contributed by atoms with E-state index in [-0.39, 0.29) is 0 Å². The molecule has 0 saturated heterocycles. The zero-order valence-electron chi connectivity index (χ0n) is 7.15. The van der Waals surface area contributed by atoms with E-state index in [1.807, 2.05) is 6.92 Å². The maximum absolute atomic E-state index is 5.45. The first-order valence-corrected chi connectivity index (χ1v) is 4.02. The van der Waals surface area contributed by atoms with Gasteiger partial charge in [-0.1, -0.05) is 6.92 Å². The third-order valence-electron chi connectivity index (χ3n) is 1.71. The molecule has 1 heterocycles. The molecule has 0 aliphatic carbocycles. The Balaban J connectivity index is 2.83. The molecular formula is C8H15N3. The Bertz CT molecular complexity index is 227. The van der Waals surface area contributed by atoms with Gasteiger partial charge in [0.25, 0.3) is 0 Å². The SMILES string of the molecule is CCc1nc(C)[nH]c1CCN. The van der Waals surface area contributed by atoms with Gasteiger partial charge in [-0.05, 0) is 19.9 Å². The number of aryl methyl sites for hydroxylation is 2. The van der Waals surface area contributed by atoms with Gasteiger partial charge in [0.15, 0.2) is 0 Å². The van der Waals surface area contributed by atoms with E-state index in [2.05, 4.69) is 16.9 Å². The van der Waals surface area contributed by atoms with Gasteiger partial charge in [-0.3, -0.25) is 0 Å². The van der Waals surface area contributed by atoms with Gasteiger partial charge in [-0.15, -0.1) is 0 Å². The smallest absolute Gasteiger partial charge is 0.103 e. The van der Waals surface area contributed by atoms with Crippen molar-refractivity contribution in [2.45, 2.75) is 26.7 Å². The highest BCUT2D eigenvalue weighted by Gasteiger charge is 2.03. The molecule has 0 bridgehead atoms. The fourth-order valence-corrected chi connectivity index (χ4v) is 1.23. The van der Waals surface area contributed by atoms with Gasteiger partial charge >= 0.3 is 0 Å². The molecule has 3 nitrogen and oxygen atoms in total. The van der Waals surface area contributed by atoms with Crippen molar-refractivity contribution >= 4 is 0 Å². The number of hydrogen-bond donors (Lipinski definition) is 2. The van der Waals surface area contributed by atoms with E-state index in [1.165, 1.54) is 5.69 Å². The highest BCUT2D eigenvalue weighted by Crippen LogP contribution is 2.06. The van der Waals surface area contributed by atoms with E-state index in [9.17, 15) is 0 Å². The van der Waals surface area contributed by atoms with Crippen LogP contribution in [-0.4, -0.2) is 16.5 Å². The summed E-state index contributed by atoms with van der Waals surface area (Å²) in [5, 5.41) is 0. The quantitative estimate of drug-likeness (QED) is 0.674. The Labute approximate surface area is 67.0 Å². The highest BCUT2D eigenvalue weighted by atomic mass is 14.9. The van der Waals surface area contributed by atoms with Crippen molar-refractivity contribution in [1.29, 1.82) is 0 Å². The molecule has 0 unspecified atom stereocenters. The molecule has 0 aromatic carbocycles.